The zero-order valence-electron chi connectivity index (χ0n) is 14.7. The van der Waals surface area contributed by atoms with Gasteiger partial charge in [0, 0.05) is 12.5 Å². The van der Waals surface area contributed by atoms with E-state index in [0.717, 1.165) is 13.3 Å². The van der Waals surface area contributed by atoms with Crippen LogP contribution in [-0.4, -0.2) is 50.7 Å². The van der Waals surface area contributed by atoms with E-state index in [9.17, 15) is 48.0 Å². The third kappa shape index (κ3) is 4.81. The lowest BCUT2D eigenvalue weighted by molar-refractivity contribution is -0.0476. The van der Waals surface area contributed by atoms with Crippen molar-refractivity contribution < 1.29 is 52.7 Å². The first-order valence-electron chi connectivity index (χ1n) is 8.22. The third-order valence-corrected chi connectivity index (χ3v) is 9.33. The van der Waals surface area contributed by atoms with E-state index in [0.29, 0.717) is 6.42 Å². The summed E-state index contributed by atoms with van der Waals surface area (Å²) in [5.74, 6) is 0.243. The normalized spacial score (nSPS) is 26.0. The van der Waals surface area contributed by atoms with Crippen LogP contribution in [0.4, 0.5) is 31.1 Å². The summed E-state index contributed by atoms with van der Waals surface area (Å²) < 4.78 is 123. The van der Waals surface area contributed by atoms with Gasteiger partial charge in [-0.05, 0) is 31.6 Å². The molecule has 0 spiro atoms. The van der Waals surface area contributed by atoms with E-state index in [-0.39, 0.29) is 17.9 Å². The number of alkyl carbamates (subject to hydrolysis) is 1. The number of rotatable bonds is 6. The summed E-state index contributed by atoms with van der Waals surface area (Å²) in [6.45, 7) is 0.797. The average Bonchev–Trinajstić information content (AvgIpc) is 3.12. The van der Waals surface area contributed by atoms with Crippen molar-refractivity contribution in [3.05, 3.63) is 12.2 Å². The second-order valence-electron chi connectivity index (χ2n) is 6.89. The molecule has 7 nitrogen and oxygen atoms in total. The van der Waals surface area contributed by atoms with Crippen molar-refractivity contribution in [2.75, 3.05) is 0 Å². The van der Waals surface area contributed by atoms with Crippen LogP contribution in [0.1, 0.15) is 26.2 Å². The summed E-state index contributed by atoms with van der Waals surface area (Å²) in [6.07, 6.45) is 0.331. The van der Waals surface area contributed by atoms with Crippen molar-refractivity contribution in [3.8, 4) is 0 Å². The highest BCUT2D eigenvalue weighted by Gasteiger charge is 2.63. The van der Waals surface area contributed by atoms with E-state index < -0.39 is 53.9 Å². The van der Waals surface area contributed by atoms with E-state index in [2.05, 4.69) is 10.1 Å². The van der Waals surface area contributed by atoms with Gasteiger partial charge in [-0.15, -0.1) is 0 Å². The van der Waals surface area contributed by atoms with E-state index >= 15 is 0 Å². The molecule has 4 unspecified atom stereocenters. The summed E-state index contributed by atoms with van der Waals surface area (Å²) in [5, 5.41) is 2.40. The lowest BCUT2D eigenvalue weighted by Crippen LogP contribution is -2.47. The number of hydrogen-bond acceptors (Lipinski definition) is 6. The quantitative estimate of drug-likeness (QED) is 0.470. The molecule has 0 aromatic carbocycles. The number of hydrogen-bond donors (Lipinski definition) is 1. The molecule has 2 bridgehead atoms. The van der Waals surface area contributed by atoms with Crippen LogP contribution in [0.5, 0.6) is 0 Å². The van der Waals surface area contributed by atoms with E-state index in [4.69, 9.17) is 0 Å². The van der Waals surface area contributed by atoms with E-state index in [1.165, 1.54) is 0 Å². The van der Waals surface area contributed by atoms with Gasteiger partial charge >= 0.3 is 17.1 Å². The maximum atomic E-state index is 12.7. The number of nitrogens with one attached hydrogen (secondary N) is 1. The highest BCUT2D eigenvalue weighted by Crippen LogP contribution is 2.40. The highest BCUT2D eigenvalue weighted by molar-refractivity contribution is 8.09. The van der Waals surface area contributed by atoms with Gasteiger partial charge in [-0.3, -0.25) is 0 Å². The van der Waals surface area contributed by atoms with Crippen LogP contribution in [0.15, 0.2) is 12.2 Å². The molecule has 29 heavy (non-hydrogen) atoms. The molecule has 1 fully saturated rings. The Hall–Kier alpha value is -1.51. The standard InChI is InChI=1S/C14H17F6NO6S2/c1-7(27-12(22)21-10-6-8-2-3-9(10)5-8)4-11(28(23,24)13(15,16)17)29(25,26)14(18,19)20/h2-3,7-11H,4-6H2,1H3,(H,21,22). The number of carbonyl (C=O) groups excluding carboxylic acids is 1. The van der Waals surface area contributed by atoms with Gasteiger partial charge in [0.15, 0.2) is 4.58 Å². The topological polar surface area (TPSA) is 107 Å². The van der Waals surface area contributed by atoms with E-state index in [1.54, 1.807) is 0 Å². The van der Waals surface area contributed by atoms with Gasteiger partial charge in [0.1, 0.15) is 6.10 Å². The summed E-state index contributed by atoms with van der Waals surface area (Å²) >= 11 is 0. The number of fused-ring (bicyclic) bond motifs is 2. The SMILES string of the molecule is CC(CC(S(=O)(=O)C(F)(F)F)S(=O)(=O)C(F)(F)F)OC(=O)NC1CC2C=CC1C2. The molecular formula is C14H17F6NO6S2. The first-order valence-corrected chi connectivity index (χ1v) is 11.3. The van der Waals surface area contributed by atoms with Gasteiger partial charge in [-0.1, -0.05) is 12.2 Å². The maximum absolute atomic E-state index is 12.7. The fourth-order valence-electron chi connectivity index (χ4n) is 3.35. The Morgan fingerprint density at radius 3 is 1.93 bits per heavy atom. The molecule has 4 atom stereocenters. The molecule has 0 heterocycles. The highest BCUT2D eigenvalue weighted by atomic mass is 32.3. The van der Waals surface area contributed by atoms with E-state index in [1.807, 2.05) is 12.2 Å². The number of alkyl halides is 6. The fourth-order valence-corrected chi connectivity index (χ4v) is 6.99. The molecule has 0 aromatic rings. The molecule has 1 N–H and O–H groups in total. The average molecular weight is 473 g/mol. The molecule has 168 valence electrons. The summed E-state index contributed by atoms with van der Waals surface area (Å²) in [7, 11) is -13.5. The Morgan fingerprint density at radius 2 is 1.55 bits per heavy atom. The van der Waals surface area contributed by atoms with Crippen molar-refractivity contribution in [2.24, 2.45) is 11.8 Å². The van der Waals surface area contributed by atoms with Gasteiger partial charge in [-0.25, -0.2) is 21.6 Å². The maximum Gasteiger partial charge on any atom is 0.498 e. The zero-order valence-corrected chi connectivity index (χ0v) is 16.3. The summed E-state index contributed by atoms with van der Waals surface area (Å²) in [5.41, 5.74) is -12.5. The Bertz CT molecular complexity index is 835. The van der Waals surface area contributed by atoms with Crippen LogP contribution in [0, 0.1) is 11.8 Å². The molecule has 0 radical (unpaired) electrons. The Balaban J connectivity index is 2.14. The molecule has 15 heteroatoms. The van der Waals surface area contributed by atoms with Gasteiger partial charge < -0.3 is 10.1 Å². The minimum Gasteiger partial charge on any atom is -0.446 e. The second kappa shape index (κ2) is 7.63. The summed E-state index contributed by atoms with van der Waals surface area (Å²) in [6, 6.07) is -0.349. The van der Waals surface area contributed by atoms with Crippen molar-refractivity contribution in [1.82, 2.24) is 5.32 Å². The van der Waals surface area contributed by atoms with Crippen LogP contribution >= 0.6 is 0 Å². The van der Waals surface area contributed by atoms with Crippen molar-refractivity contribution in [2.45, 2.75) is 53.9 Å². The van der Waals surface area contributed by atoms with Gasteiger partial charge in [0.25, 0.3) is 19.7 Å². The Kier molecular flexibility index (Phi) is 6.25. The predicted octanol–water partition coefficient (Wildman–Crippen LogP) is 2.65. The van der Waals surface area contributed by atoms with Crippen LogP contribution in [0.2, 0.25) is 0 Å². The zero-order chi connectivity index (χ0) is 22.4. The number of ether oxygens (including phenoxy) is 1. The van der Waals surface area contributed by atoms with Crippen LogP contribution < -0.4 is 5.32 Å². The molecule has 0 aromatic heterocycles. The molecule has 0 saturated heterocycles. The van der Waals surface area contributed by atoms with Crippen molar-refractivity contribution in [1.29, 1.82) is 0 Å². The Morgan fingerprint density at radius 1 is 1.03 bits per heavy atom. The number of allylic oxidation sites excluding steroid dienone is 1. The van der Waals surface area contributed by atoms with Gasteiger partial charge in [0.05, 0.1) is 0 Å². The minimum atomic E-state index is -6.77. The number of amides is 1. The second-order valence-corrected chi connectivity index (χ2v) is 11.4. The number of halogens is 6. The molecule has 1 saturated carbocycles. The fraction of sp³-hybridized carbons (Fsp3) is 0.786. The minimum absolute atomic E-state index is 0.00631. The van der Waals surface area contributed by atoms with Gasteiger partial charge in [-0.2, -0.15) is 26.3 Å². The first-order chi connectivity index (χ1) is 13.0. The molecular weight excluding hydrogens is 456 g/mol. The largest absolute Gasteiger partial charge is 0.498 e. The molecule has 2 aliphatic rings. The first kappa shape index (κ1) is 23.8. The molecule has 0 aliphatic heterocycles. The van der Waals surface area contributed by atoms with Crippen molar-refractivity contribution >= 4 is 25.8 Å². The van der Waals surface area contributed by atoms with Crippen LogP contribution in [-0.2, 0) is 24.4 Å². The third-order valence-electron chi connectivity index (χ3n) is 4.75. The molecule has 2 rings (SSSR count). The smallest absolute Gasteiger partial charge is 0.446 e. The lowest BCUT2D eigenvalue weighted by atomic mass is 10.0. The summed E-state index contributed by atoms with van der Waals surface area (Å²) in [4.78, 5) is 11.9. The van der Waals surface area contributed by atoms with Crippen molar-refractivity contribution in [3.63, 3.8) is 0 Å². The number of carbonyl (C=O) groups is 1. The number of sulfone groups is 2. The Labute approximate surface area is 162 Å². The monoisotopic (exact) mass is 473 g/mol. The van der Waals surface area contributed by atoms with Crippen LogP contribution in [0.3, 0.4) is 0 Å². The molecule has 1 amide bonds. The molecule has 2 aliphatic carbocycles. The predicted molar refractivity (Wildman–Crippen MR) is 86.6 cm³/mol. The van der Waals surface area contributed by atoms with Gasteiger partial charge in [0.2, 0.25) is 0 Å². The van der Waals surface area contributed by atoms with Crippen LogP contribution in [0.25, 0.3) is 0 Å². The lowest BCUT2D eigenvalue weighted by Gasteiger charge is -2.25.